The maximum absolute atomic E-state index is 10.8. The normalized spacial score (nSPS) is 6.33. The predicted molar refractivity (Wildman–Crippen MR) is 23.8 cm³/mol. The van der Waals surface area contributed by atoms with Gasteiger partial charge in [-0.25, -0.2) is 0 Å². The largest absolute Gasteiger partial charge is 0.144 e. The Bertz CT molecular complexity index is 65.7. The molecule has 0 unspecified atom stereocenters. The van der Waals surface area contributed by atoms with E-state index in [1.54, 1.807) is 0 Å². The van der Waals surface area contributed by atoms with Crippen molar-refractivity contribution in [1.29, 1.82) is 0 Å². The van der Waals surface area contributed by atoms with E-state index in [9.17, 15) is 4.39 Å². The summed E-state index contributed by atoms with van der Waals surface area (Å²) in [5, 5.41) is 0. The molecule has 0 saturated heterocycles. The quantitative estimate of drug-likeness (QED) is 0.425. The third kappa shape index (κ3) is 3.49. The summed E-state index contributed by atoms with van der Waals surface area (Å²) in [6.07, 6.45) is 2.94. The smallest absolute Gasteiger partial charge is 0.105 e. The first-order valence-corrected chi connectivity index (χ1v) is 2.00. The molecule has 34 valence electrons. The van der Waals surface area contributed by atoms with Crippen LogP contribution < -0.4 is 0 Å². The second kappa shape index (κ2) is 4.49. The molecule has 0 atom stereocenters. The summed E-state index contributed by atoms with van der Waals surface area (Å²) >= 11 is 0. The van der Waals surface area contributed by atoms with E-state index in [1.165, 1.54) is 6.17 Å². The van der Waals surface area contributed by atoms with Gasteiger partial charge in [-0.1, -0.05) is 12.8 Å². The van der Waals surface area contributed by atoms with E-state index < -0.39 is 0 Å². The van der Waals surface area contributed by atoms with Crippen LogP contribution >= 0.6 is 0 Å². The molecule has 0 saturated carbocycles. The molecular weight excluding hydrogens is 78.1 g/mol. The van der Waals surface area contributed by atoms with Gasteiger partial charge in [-0.05, 0) is 6.42 Å². The molecule has 0 rings (SSSR count). The van der Waals surface area contributed by atoms with Gasteiger partial charge < -0.3 is 0 Å². The highest BCUT2D eigenvalue weighted by molar-refractivity contribution is 4.88. The first-order valence-electron chi connectivity index (χ1n) is 2.00. The third-order valence-electron chi connectivity index (χ3n) is 0.442. The Kier molecular flexibility index (Phi) is 4.11. The maximum atomic E-state index is 10.8. The van der Waals surface area contributed by atoms with Crippen molar-refractivity contribution in [1.82, 2.24) is 0 Å². The molecule has 0 aliphatic rings. The Morgan fingerprint density at radius 3 is 2.50 bits per heavy atom. The molecule has 0 fully saturated rings. The topological polar surface area (TPSA) is 0 Å². The van der Waals surface area contributed by atoms with Crippen LogP contribution in [0.25, 0.3) is 0 Å². The van der Waals surface area contributed by atoms with Gasteiger partial charge in [0.15, 0.2) is 0 Å². The van der Waals surface area contributed by atoms with Crippen molar-refractivity contribution in [3.05, 3.63) is 0 Å². The first kappa shape index (κ1) is 5.49. The molecule has 0 bridgehead atoms. The zero-order valence-electron chi connectivity index (χ0n) is 3.79. The lowest BCUT2D eigenvalue weighted by Crippen LogP contribution is -1.56. The van der Waals surface area contributed by atoms with Gasteiger partial charge >= 0.3 is 0 Å². The molecule has 1 heteroatoms. The van der Waals surface area contributed by atoms with Crippen molar-refractivity contribution in [2.24, 2.45) is 0 Å². The lowest BCUT2D eigenvalue weighted by molar-refractivity contribution is 0.769. The van der Waals surface area contributed by atoms with Crippen LogP contribution in [0.2, 0.25) is 0 Å². The van der Waals surface area contributed by atoms with E-state index >= 15 is 0 Å². The molecule has 0 aliphatic carbocycles. The number of halogens is 1. The Morgan fingerprint density at radius 2 is 2.33 bits per heavy atom. The monoisotopic (exact) mass is 85.1 g/mol. The zero-order valence-corrected chi connectivity index (χ0v) is 3.79. The molecule has 0 aromatic rings. The Labute approximate surface area is 37.4 Å². The van der Waals surface area contributed by atoms with Crippen LogP contribution in [0.1, 0.15) is 19.8 Å². The molecule has 0 heterocycles. The van der Waals surface area contributed by atoms with Gasteiger partial charge in [-0.3, -0.25) is 0 Å². The fourth-order valence-corrected chi connectivity index (χ4v) is 0.172. The zero-order chi connectivity index (χ0) is 4.83. The van der Waals surface area contributed by atoms with Crippen molar-refractivity contribution < 1.29 is 4.39 Å². The van der Waals surface area contributed by atoms with Crippen LogP contribution in [0.5, 0.6) is 0 Å². The summed E-state index contributed by atoms with van der Waals surface area (Å²) in [5.41, 5.74) is 0. The summed E-state index contributed by atoms with van der Waals surface area (Å²) < 4.78 is 10.8. The lowest BCUT2D eigenvalue weighted by atomic mass is 10.4. The summed E-state index contributed by atoms with van der Waals surface area (Å²) in [4.78, 5) is 0. The van der Waals surface area contributed by atoms with Crippen LogP contribution in [-0.2, 0) is 0 Å². The molecule has 0 aromatic heterocycles. The average Bonchev–Trinajstić information content (AvgIpc) is 1.61. The Hall–Kier alpha value is -0.510. The summed E-state index contributed by atoms with van der Waals surface area (Å²) in [6, 6.07) is 0. The average molecular weight is 85.1 g/mol. The van der Waals surface area contributed by atoms with Gasteiger partial charge in [0.05, 0.1) is 0 Å². The van der Waals surface area contributed by atoms with Crippen molar-refractivity contribution >= 4 is 0 Å². The summed E-state index contributed by atoms with van der Waals surface area (Å²) in [6.45, 7) is 1.96. The molecule has 0 radical (unpaired) electrons. The number of rotatable bonds is 1. The van der Waals surface area contributed by atoms with E-state index in [2.05, 4.69) is 5.92 Å². The highest BCUT2D eigenvalue weighted by atomic mass is 18.2. The Balaban J connectivity index is 2.79. The van der Waals surface area contributed by atoms with Crippen molar-refractivity contribution in [2.45, 2.75) is 19.8 Å². The van der Waals surface area contributed by atoms with E-state index in [4.69, 9.17) is 0 Å². The molecular formula is C5H7F. The fraction of sp³-hybridized carbons (Fsp3) is 0.600. The molecule has 0 N–H and O–H groups in total. The van der Waals surface area contributed by atoms with Crippen LogP contribution in [0.4, 0.5) is 4.39 Å². The van der Waals surface area contributed by atoms with E-state index in [-0.39, 0.29) is 0 Å². The van der Waals surface area contributed by atoms with Crippen LogP contribution in [0.3, 0.4) is 0 Å². The van der Waals surface area contributed by atoms with Crippen LogP contribution in [0, 0.1) is 12.1 Å². The second-order valence-corrected chi connectivity index (χ2v) is 1.02. The van der Waals surface area contributed by atoms with E-state index in [0.717, 1.165) is 6.42 Å². The Morgan fingerprint density at radius 1 is 1.67 bits per heavy atom. The second-order valence-electron chi connectivity index (χ2n) is 1.02. The van der Waals surface area contributed by atoms with Gasteiger partial charge in [-0.15, -0.1) is 4.39 Å². The van der Waals surface area contributed by atoms with Crippen LogP contribution in [0.15, 0.2) is 0 Å². The van der Waals surface area contributed by atoms with E-state index in [1.807, 2.05) is 6.92 Å². The van der Waals surface area contributed by atoms with Crippen molar-refractivity contribution in [3.63, 3.8) is 0 Å². The fourth-order valence-electron chi connectivity index (χ4n) is 0.172. The standard InChI is InChI=1S/C5H7F/c1-2-3-4-5-6/h2-3H2,1H3/i6-1. The van der Waals surface area contributed by atoms with Crippen molar-refractivity contribution in [2.75, 3.05) is 0 Å². The molecule has 0 aliphatic heterocycles. The lowest BCUT2D eigenvalue weighted by Gasteiger charge is -1.70. The number of hydrogen-bond acceptors (Lipinski definition) is 0. The first-order chi connectivity index (χ1) is 2.91. The van der Waals surface area contributed by atoms with Crippen molar-refractivity contribution in [3.8, 4) is 12.1 Å². The summed E-state index contributed by atoms with van der Waals surface area (Å²) in [7, 11) is 0. The number of unbranched alkanes of at least 4 members (excludes halogenated alkanes) is 1. The predicted octanol–water partition coefficient (Wildman–Crippen LogP) is 1.72. The highest BCUT2D eigenvalue weighted by Crippen LogP contribution is 1.79. The van der Waals surface area contributed by atoms with E-state index in [0.29, 0.717) is 6.42 Å². The molecule has 0 nitrogen and oxygen atoms in total. The molecule has 0 amide bonds. The summed E-state index contributed by atoms with van der Waals surface area (Å²) in [5.74, 6) is 2.28. The minimum absolute atomic E-state index is 0.677. The van der Waals surface area contributed by atoms with Gasteiger partial charge in [0.2, 0.25) is 0 Å². The van der Waals surface area contributed by atoms with Gasteiger partial charge in [-0.2, -0.15) is 0 Å². The van der Waals surface area contributed by atoms with Gasteiger partial charge in [0.1, 0.15) is 6.17 Å². The SMILES string of the molecule is CCCC#C[18F]. The number of hydrogen-bond donors (Lipinski definition) is 0. The minimum atomic E-state index is 0.677. The van der Waals surface area contributed by atoms with Crippen LogP contribution in [-0.4, -0.2) is 0 Å². The molecule has 6 heavy (non-hydrogen) atoms. The molecule has 0 aromatic carbocycles. The van der Waals surface area contributed by atoms with Gasteiger partial charge in [0.25, 0.3) is 0 Å². The maximum Gasteiger partial charge on any atom is 0.105 e. The highest BCUT2D eigenvalue weighted by Gasteiger charge is 1.65. The minimum Gasteiger partial charge on any atom is -0.144 e. The van der Waals surface area contributed by atoms with Gasteiger partial charge in [0, 0.05) is 6.42 Å². The molecule has 0 spiro atoms. The third-order valence-corrected chi connectivity index (χ3v) is 0.442.